The van der Waals surface area contributed by atoms with Crippen LogP contribution in [0.3, 0.4) is 0 Å². The Morgan fingerprint density at radius 3 is 2.82 bits per heavy atom. The molecule has 5 heteroatoms. The molecule has 0 bridgehead atoms. The number of carbonyl (C=O) groups excluding carboxylic acids is 1. The molecule has 2 atom stereocenters. The highest BCUT2D eigenvalue weighted by Crippen LogP contribution is 2.43. The van der Waals surface area contributed by atoms with Crippen molar-refractivity contribution < 1.29 is 9.53 Å². The minimum atomic E-state index is 0.104. The van der Waals surface area contributed by atoms with E-state index in [2.05, 4.69) is 19.9 Å². The molecule has 1 fully saturated rings. The molecule has 0 aromatic heterocycles. The second kappa shape index (κ2) is 8.20. The summed E-state index contributed by atoms with van der Waals surface area (Å²) in [6, 6.07) is 0. The van der Waals surface area contributed by atoms with Crippen molar-refractivity contribution in [2.45, 2.75) is 57.6 Å². The van der Waals surface area contributed by atoms with Crippen molar-refractivity contribution in [3.63, 3.8) is 0 Å². The number of hydrogen-bond acceptors (Lipinski definition) is 5. The maximum Gasteiger partial charge on any atom is 0.220 e. The van der Waals surface area contributed by atoms with Gasteiger partial charge in [0.05, 0.1) is 6.61 Å². The van der Waals surface area contributed by atoms with Gasteiger partial charge in [-0.3, -0.25) is 4.79 Å². The summed E-state index contributed by atoms with van der Waals surface area (Å²) >= 11 is 8.49. The topological polar surface area (TPSA) is 26.3 Å². The summed E-state index contributed by atoms with van der Waals surface area (Å²) in [5, 5.41) is 0.404. The minimum Gasteiger partial charge on any atom is -0.479 e. The van der Waals surface area contributed by atoms with Crippen LogP contribution in [0, 0.1) is 11.8 Å². The van der Waals surface area contributed by atoms with E-state index in [1.807, 2.05) is 6.92 Å². The van der Waals surface area contributed by atoms with Gasteiger partial charge in [0, 0.05) is 16.4 Å². The summed E-state index contributed by atoms with van der Waals surface area (Å²) in [6.07, 6.45) is 7.85. The zero-order valence-electron chi connectivity index (χ0n) is 13.7. The van der Waals surface area contributed by atoms with E-state index < -0.39 is 0 Å². The number of allylic oxidation sites excluding steroid dienone is 2. The van der Waals surface area contributed by atoms with Crippen LogP contribution in [0.4, 0.5) is 0 Å². The maximum atomic E-state index is 11.8. The summed E-state index contributed by atoms with van der Waals surface area (Å²) in [5.74, 6) is 1.91. The molecule has 2 nitrogen and oxygen atoms in total. The second-order valence-corrected chi connectivity index (χ2v) is 9.94. The van der Waals surface area contributed by atoms with Gasteiger partial charge in [-0.15, -0.1) is 0 Å². The molecule has 1 heterocycles. The van der Waals surface area contributed by atoms with Crippen LogP contribution in [-0.4, -0.2) is 26.6 Å². The van der Waals surface area contributed by atoms with Crippen molar-refractivity contribution >= 4 is 45.2 Å². The van der Waals surface area contributed by atoms with Crippen LogP contribution in [0.2, 0.25) is 0 Å². The van der Waals surface area contributed by atoms with Gasteiger partial charge in [0.1, 0.15) is 0 Å². The average Bonchev–Trinajstić information content (AvgIpc) is 2.84. The van der Waals surface area contributed by atoms with E-state index in [4.69, 9.17) is 17.0 Å². The molecular weight excluding hydrogens is 332 g/mol. The number of rotatable bonds is 5. The minimum absolute atomic E-state index is 0.104. The first-order valence-corrected chi connectivity index (χ1v) is 10.3. The van der Waals surface area contributed by atoms with Crippen molar-refractivity contribution in [3.05, 3.63) is 11.6 Å². The third-order valence-electron chi connectivity index (χ3n) is 4.65. The van der Waals surface area contributed by atoms with Gasteiger partial charge in [-0.25, -0.2) is 0 Å². The Labute approximate surface area is 148 Å². The molecule has 0 radical (unpaired) electrons. The van der Waals surface area contributed by atoms with Crippen LogP contribution < -0.4 is 0 Å². The molecule has 22 heavy (non-hydrogen) atoms. The summed E-state index contributed by atoms with van der Waals surface area (Å²) in [6.45, 7) is 7.15. The smallest absolute Gasteiger partial charge is 0.220 e. The van der Waals surface area contributed by atoms with Crippen molar-refractivity contribution in [2.24, 2.45) is 11.8 Å². The molecular formula is C17H26O2S3. The highest BCUT2D eigenvalue weighted by Gasteiger charge is 2.34. The molecule has 1 unspecified atom stereocenters. The van der Waals surface area contributed by atoms with Gasteiger partial charge >= 0.3 is 0 Å². The molecule has 0 aromatic rings. The van der Waals surface area contributed by atoms with E-state index in [-0.39, 0.29) is 10.7 Å². The van der Waals surface area contributed by atoms with E-state index in [9.17, 15) is 4.79 Å². The number of thioether (sulfide) groups is 2. The first-order valence-electron chi connectivity index (χ1n) is 8.12. The lowest BCUT2D eigenvalue weighted by molar-refractivity contribution is -0.113. The predicted octanol–water partition coefficient (Wildman–Crippen LogP) is 5.22. The summed E-state index contributed by atoms with van der Waals surface area (Å²) in [4.78, 5) is 11.8. The standard InChI is InChI=1S/C17H26O2S3/c1-4-19-16(20)22-17(2,3)14-7-5-12(6-8-14)11-13-9-10-21-15(13)18/h5,13-14H,4,6-11H2,1-3H3/t13?,14-/m0/s1. The summed E-state index contributed by atoms with van der Waals surface area (Å²) in [5.41, 5.74) is 1.49. The van der Waals surface area contributed by atoms with Crippen LogP contribution in [-0.2, 0) is 9.53 Å². The summed E-state index contributed by atoms with van der Waals surface area (Å²) < 4.78 is 6.20. The van der Waals surface area contributed by atoms with Gasteiger partial charge < -0.3 is 4.74 Å². The van der Waals surface area contributed by atoms with Gasteiger partial charge in [-0.05, 0) is 71.0 Å². The zero-order valence-corrected chi connectivity index (χ0v) is 16.2. The fourth-order valence-electron chi connectivity index (χ4n) is 3.19. The molecule has 2 rings (SSSR count). The van der Waals surface area contributed by atoms with Gasteiger partial charge in [-0.1, -0.05) is 35.2 Å². The largest absolute Gasteiger partial charge is 0.479 e. The van der Waals surface area contributed by atoms with Crippen LogP contribution >= 0.6 is 35.7 Å². The highest BCUT2D eigenvalue weighted by molar-refractivity contribution is 8.23. The lowest BCUT2D eigenvalue weighted by Gasteiger charge is -2.36. The molecule has 0 aromatic carbocycles. The van der Waals surface area contributed by atoms with Crippen molar-refractivity contribution in [3.8, 4) is 0 Å². The second-order valence-electron chi connectivity index (χ2n) is 6.58. The fourth-order valence-corrected chi connectivity index (χ4v) is 5.98. The van der Waals surface area contributed by atoms with Gasteiger partial charge in [0.25, 0.3) is 0 Å². The Kier molecular flexibility index (Phi) is 6.84. The molecule has 0 N–H and O–H groups in total. The first-order chi connectivity index (χ1) is 10.4. The molecule has 1 aliphatic heterocycles. The highest BCUT2D eigenvalue weighted by atomic mass is 32.2. The molecule has 0 amide bonds. The summed E-state index contributed by atoms with van der Waals surface area (Å²) in [7, 11) is 0. The predicted molar refractivity (Wildman–Crippen MR) is 102 cm³/mol. The lowest BCUT2D eigenvalue weighted by atomic mass is 9.79. The fraction of sp³-hybridized carbons (Fsp3) is 0.765. The number of carbonyl (C=O) groups is 1. The van der Waals surface area contributed by atoms with E-state index in [0.29, 0.717) is 22.0 Å². The normalized spacial score (nSPS) is 26.0. The van der Waals surface area contributed by atoms with E-state index in [0.717, 1.165) is 31.4 Å². The van der Waals surface area contributed by atoms with E-state index in [1.54, 1.807) is 11.8 Å². The third-order valence-corrected chi connectivity index (χ3v) is 7.22. The molecule has 1 aliphatic carbocycles. The zero-order chi connectivity index (χ0) is 16.2. The van der Waals surface area contributed by atoms with Crippen molar-refractivity contribution in [1.29, 1.82) is 0 Å². The molecule has 124 valence electrons. The Balaban J connectivity index is 1.86. The molecule has 0 saturated carbocycles. The van der Waals surface area contributed by atoms with Gasteiger partial charge in [-0.2, -0.15) is 0 Å². The number of hydrogen-bond donors (Lipinski definition) is 0. The van der Waals surface area contributed by atoms with E-state index in [1.165, 1.54) is 23.8 Å². The van der Waals surface area contributed by atoms with E-state index >= 15 is 0 Å². The van der Waals surface area contributed by atoms with Crippen molar-refractivity contribution in [1.82, 2.24) is 0 Å². The molecule has 0 spiro atoms. The quantitative estimate of drug-likeness (QED) is 0.496. The Morgan fingerprint density at radius 2 is 2.27 bits per heavy atom. The monoisotopic (exact) mass is 358 g/mol. The van der Waals surface area contributed by atoms with Crippen molar-refractivity contribution in [2.75, 3.05) is 12.4 Å². The van der Waals surface area contributed by atoms with Gasteiger partial charge in [0.15, 0.2) is 5.12 Å². The van der Waals surface area contributed by atoms with Crippen LogP contribution in [0.1, 0.15) is 52.9 Å². The number of thiocarbonyl (C=S) groups is 1. The Hall–Kier alpha value is -0.0000000000000000555. The van der Waals surface area contributed by atoms with Crippen LogP contribution in [0.5, 0.6) is 0 Å². The van der Waals surface area contributed by atoms with Crippen LogP contribution in [0.25, 0.3) is 0 Å². The lowest BCUT2D eigenvalue weighted by Crippen LogP contribution is -2.30. The Morgan fingerprint density at radius 1 is 1.50 bits per heavy atom. The maximum absolute atomic E-state index is 11.8. The van der Waals surface area contributed by atoms with Crippen LogP contribution in [0.15, 0.2) is 11.6 Å². The SMILES string of the molecule is CCOC(=S)SC(C)(C)[C@H]1CC=C(CC2CCSC2=O)CC1. The third kappa shape index (κ3) is 5.00. The Bertz CT molecular complexity index is 457. The van der Waals surface area contributed by atoms with Gasteiger partial charge in [0.2, 0.25) is 4.38 Å². The molecule has 2 aliphatic rings. The molecule has 1 saturated heterocycles. The first kappa shape index (κ1) is 18.3. The number of ether oxygens (including phenoxy) is 1. The average molecular weight is 359 g/mol.